The van der Waals surface area contributed by atoms with Crippen LogP contribution >= 0.6 is 11.6 Å². The van der Waals surface area contributed by atoms with Gasteiger partial charge in [0, 0.05) is 6.92 Å². The van der Waals surface area contributed by atoms with Crippen LogP contribution in [-0.2, 0) is 9.53 Å². The van der Waals surface area contributed by atoms with Gasteiger partial charge in [0.2, 0.25) is 0 Å². The summed E-state index contributed by atoms with van der Waals surface area (Å²) in [5.41, 5.74) is 0. The van der Waals surface area contributed by atoms with E-state index in [9.17, 15) is 4.79 Å². The molecule has 0 rings (SSSR count). The van der Waals surface area contributed by atoms with Gasteiger partial charge in [0.15, 0.2) is 0 Å². The molecule has 0 bridgehead atoms. The van der Waals surface area contributed by atoms with Crippen LogP contribution in [0, 0.1) is 0 Å². The van der Waals surface area contributed by atoms with Gasteiger partial charge in [-0.1, -0.05) is 0 Å². The summed E-state index contributed by atoms with van der Waals surface area (Å²) in [6.07, 6.45) is 0. The van der Waals surface area contributed by atoms with Crippen molar-refractivity contribution in [2.45, 2.75) is 6.92 Å². The maximum absolute atomic E-state index is 9.92. The average Bonchev–Trinajstić information content (AvgIpc) is 1.61. The number of hydrogen-bond donors (Lipinski definition) is 0. The molecule has 0 aliphatic rings. The Morgan fingerprint density at radius 2 is 2.25 bits per heavy atom. The molecule has 0 N–H and O–H groups in total. The number of esters is 1. The Kier molecular flexibility index (Phi) is 10.4. The molecule has 0 aliphatic heterocycles. The summed E-state index contributed by atoms with van der Waals surface area (Å²) in [5.74, 6) is 0.0974. The third-order valence-corrected chi connectivity index (χ3v) is 0.537. The quantitative estimate of drug-likeness (QED) is 0.341. The van der Waals surface area contributed by atoms with Gasteiger partial charge in [-0.3, -0.25) is 4.79 Å². The summed E-state index contributed by atoms with van der Waals surface area (Å²) in [5, 5.41) is 0. The van der Waals surface area contributed by atoms with Crippen molar-refractivity contribution in [3.63, 3.8) is 0 Å². The standard InChI is InChI=1S/C4H7ClO2.Ga.3H/c1-4(6)7-3-2-5;;;;/h2-3H2,1H3;;;;. The van der Waals surface area contributed by atoms with Crippen LogP contribution in [0.2, 0.25) is 0 Å². The van der Waals surface area contributed by atoms with Gasteiger partial charge in [-0.25, -0.2) is 0 Å². The third-order valence-electron chi connectivity index (χ3n) is 0.382. The van der Waals surface area contributed by atoms with Gasteiger partial charge >= 0.3 is 25.8 Å². The number of halogens is 1. The van der Waals surface area contributed by atoms with Crippen LogP contribution in [-0.4, -0.2) is 38.2 Å². The molecule has 0 spiro atoms. The molecule has 0 radical (unpaired) electrons. The summed E-state index contributed by atoms with van der Waals surface area (Å²) in [4.78, 5) is 9.92. The Morgan fingerprint density at radius 3 is 2.38 bits per heavy atom. The Balaban J connectivity index is 0. The molecule has 4 heteroatoms. The monoisotopic (exact) mass is 194 g/mol. The summed E-state index contributed by atoms with van der Waals surface area (Å²) >= 11 is 5.17. The van der Waals surface area contributed by atoms with E-state index < -0.39 is 0 Å². The Bertz CT molecular complexity index is 67.1. The van der Waals surface area contributed by atoms with Gasteiger partial charge in [-0.2, -0.15) is 0 Å². The fourth-order valence-electron chi connectivity index (χ4n) is 0.182. The van der Waals surface area contributed by atoms with E-state index in [0.717, 1.165) is 0 Å². The van der Waals surface area contributed by atoms with Gasteiger partial charge in [0.25, 0.3) is 0 Å². The predicted octanol–water partition coefficient (Wildman–Crippen LogP) is -0.396. The van der Waals surface area contributed by atoms with E-state index in [1.54, 1.807) is 0 Å². The number of carbonyl (C=O) groups is 1. The molecular weight excluding hydrogens is 185 g/mol. The van der Waals surface area contributed by atoms with Crippen LogP contribution in [0.15, 0.2) is 0 Å². The van der Waals surface area contributed by atoms with Crippen LogP contribution in [0.1, 0.15) is 6.92 Å². The SMILES string of the molecule is CC(=O)OCCCl.[GaH3]. The summed E-state index contributed by atoms with van der Waals surface area (Å²) < 4.78 is 4.42. The third kappa shape index (κ3) is 9.64. The number of hydrogen-bond acceptors (Lipinski definition) is 2. The zero-order valence-electron chi connectivity index (χ0n) is 4.11. The first kappa shape index (κ1) is 11.2. The van der Waals surface area contributed by atoms with E-state index in [2.05, 4.69) is 4.74 Å². The van der Waals surface area contributed by atoms with Crippen LogP contribution < -0.4 is 0 Å². The number of carbonyl (C=O) groups excluding carboxylic acids is 1. The zero-order chi connectivity index (χ0) is 5.70. The van der Waals surface area contributed by atoms with Crippen molar-refractivity contribution in [1.82, 2.24) is 0 Å². The number of ether oxygens (including phenoxy) is 1. The first-order chi connectivity index (χ1) is 3.27. The predicted molar refractivity (Wildman–Crippen MR) is 37.3 cm³/mol. The molecule has 0 aromatic heterocycles. The fourth-order valence-corrected chi connectivity index (χ4v) is 0.259. The van der Waals surface area contributed by atoms with E-state index in [-0.39, 0.29) is 25.8 Å². The topological polar surface area (TPSA) is 26.3 Å². The van der Waals surface area contributed by atoms with E-state index in [0.29, 0.717) is 12.5 Å². The van der Waals surface area contributed by atoms with Crippen molar-refractivity contribution in [2.75, 3.05) is 12.5 Å². The van der Waals surface area contributed by atoms with Gasteiger partial charge in [-0.05, 0) is 0 Å². The van der Waals surface area contributed by atoms with E-state index in [1.807, 2.05) is 0 Å². The van der Waals surface area contributed by atoms with Crippen molar-refractivity contribution in [2.24, 2.45) is 0 Å². The summed E-state index contributed by atoms with van der Waals surface area (Å²) in [7, 11) is 0. The van der Waals surface area contributed by atoms with E-state index in [4.69, 9.17) is 11.6 Å². The molecular formula is C4H10ClGaO2. The minimum atomic E-state index is -0.277. The molecule has 0 atom stereocenters. The molecule has 0 aromatic rings. The fraction of sp³-hybridized carbons (Fsp3) is 0.750. The second kappa shape index (κ2) is 7.40. The van der Waals surface area contributed by atoms with Crippen LogP contribution in [0.25, 0.3) is 0 Å². The molecule has 0 unspecified atom stereocenters. The Labute approximate surface area is 66.6 Å². The second-order valence-electron chi connectivity index (χ2n) is 1.03. The average molecular weight is 195 g/mol. The molecule has 0 heterocycles. The van der Waals surface area contributed by atoms with Gasteiger partial charge in [-0.15, -0.1) is 11.6 Å². The molecule has 0 aromatic carbocycles. The maximum atomic E-state index is 9.92. The first-order valence-corrected chi connectivity index (χ1v) is 2.50. The van der Waals surface area contributed by atoms with Crippen molar-refractivity contribution in [3.05, 3.63) is 0 Å². The molecule has 8 heavy (non-hydrogen) atoms. The number of alkyl halides is 1. The molecule has 0 aliphatic carbocycles. The molecule has 0 fully saturated rings. The molecule has 0 saturated carbocycles. The first-order valence-electron chi connectivity index (χ1n) is 1.96. The normalized spacial score (nSPS) is 7.25. The van der Waals surface area contributed by atoms with Crippen molar-refractivity contribution in [1.29, 1.82) is 0 Å². The second-order valence-corrected chi connectivity index (χ2v) is 1.41. The minimum absolute atomic E-state index is 0. The van der Waals surface area contributed by atoms with Gasteiger partial charge < -0.3 is 4.74 Å². The molecule has 0 amide bonds. The van der Waals surface area contributed by atoms with Gasteiger partial charge in [0.05, 0.1) is 5.88 Å². The summed E-state index contributed by atoms with van der Waals surface area (Å²) in [6.45, 7) is 1.67. The van der Waals surface area contributed by atoms with Crippen molar-refractivity contribution >= 4 is 37.4 Å². The van der Waals surface area contributed by atoms with E-state index >= 15 is 0 Å². The Morgan fingerprint density at radius 1 is 1.75 bits per heavy atom. The molecule has 2 nitrogen and oxygen atoms in total. The summed E-state index contributed by atoms with van der Waals surface area (Å²) in [6, 6.07) is 0. The van der Waals surface area contributed by atoms with Crippen LogP contribution in [0.3, 0.4) is 0 Å². The number of rotatable bonds is 2. The van der Waals surface area contributed by atoms with Crippen LogP contribution in [0.5, 0.6) is 0 Å². The Hall–Kier alpha value is 0.396. The van der Waals surface area contributed by atoms with E-state index in [1.165, 1.54) is 6.92 Å². The van der Waals surface area contributed by atoms with Crippen molar-refractivity contribution in [3.8, 4) is 0 Å². The van der Waals surface area contributed by atoms with Crippen LogP contribution in [0.4, 0.5) is 0 Å². The zero-order valence-corrected chi connectivity index (χ0v) is 4.86. The van der Waals surface area contributed by atoms with Crippen molar-refractivity contribution < 1.29 is 9.53 Å². The molecule has 0 saturated heterocycles. The molecule has 48 valence electrons. The van der Waals surface area contributed by atoms with Gasteiger partial charge in [0.1, 0.15) is 6.61 Å².